The van der Waals surface area contributed by atoms with Crippen LogP contribution in [0.2, 0.25) is 5.02 Å². The fourth-order valence-corrected chi connectivity index (χ4v) is 4.96. The number of amides is 2. The molecule has 2 amide bonds. The number of alkyl halides is 3. The molecular weight excluding hydrogens is 433 g/mol. The van der Waals surface area contributed by atoms with Crippen LogP contribution in [-0.2, 0) is 30.4 Å². The fraction of sp³-hybridized carbons (Fsp3) is 0.364. The Labute approximate surface area is 181 Å². The van der Waals surface area contributed by atoms with Crippen LogP contribution in [0.25, 0.3) is 0 Å². The van der Waals surface area contributed by atoms with Crippen LogP contribution in [0.15, 0.2) is 36.4 Å². The Kier molecular flexibility index (Phi) is 5.47. The number of nitrogens with one attached hydrogen (secondary N) is 1. The van der Waals surface area contributed by atoms with E-state index in [4.69, 9.17) is 16.8 Å². The molecule has 1 unspecified atom stereocenters. The van der Waals surface area contributed by atoms with Crippen molar-refractivity contribution < 1.29 is 28.0 Å². The van der Waals surface area contributed by atoms with E-state index < -0.39 is 23.1 Å². The molecule has 2 N–H and O–H groups in total. The number of halogens is 4. The van der Waals surface area contributed by atoms with E-state index in [1.807, 2.05) is 6.07 Å². The number of likely N-dealkylation sites (tertiary alicyclic amines) is 1. The van der Waals surface area contributed by atoms with Crippen molar-refractivity contribution >= 4 is 23.4 Å². The lowest BCUT2D eigenvalue weighted by atomic mass is 9.69. The Hall–Kier alpha value is -2.58. The SMILES string of the molecule is O=C(NO)c1cccc2c1CCC1(CCN(Cc3ccc(Cl)c(C(F)(F)F)c3)C1=O)C2. The minimum absolute atomic E-state index is 0.0840. The van der Waals surface area contributed by atoms with Crippen molar-refractivity contribution in [2.24, 2.45) is 5.41 Å². The summed E-state index contributed by atoms with van der Waals surface area (Å²) in [6.45, 7) is 0.537. The number of benzene rings is 2. The first-order chi connectivity index (χ1) is 14.6. The average Bonchev–Trinajstić information content (AvgIpc) is 3.02. The van der Waals surface area contributed by atoms with Gasteiger partial charge in [0.15, 0.2) is 0 Å². The summed E-state index contributed by atoms with van der Waals surface area (Å²) in [4.78, 5) is 26.8. The van der Waals surface area contributed by atoms with Gasteiger partial charge in [-0.2, -0.15) is 13.2 Å². The van der Waals surface area contributed by atoms with E-state index in [9.17, 15) is 22.8 Å². The average molecular weight is 453 g/mol. The zero-order valence-corrected chi connectivity index (χ0v) is 17.2. The van der Waals surface area contributed by atoms with Crippen molar-refractivity contribution in [2.75, 3.05) is 6.54 Å². The van der Waals surface area contributed by atoms with Crippen LogP contribution in [0.5, 0.6) is 0 Å². The number of carbonyl (C=O) groups excluding carboxylic acids is 2. The number of hydroxylamine groups is 1. The maximum absolute atomic E-state index is 13.3. The Balaban J connectivity index is 1.55. The molecular formula is C22H20ClF3N2O3. The predicted octanol–water partition coefficient (Wildman–Crippen LogP) is 4.39. The van der Waals surface area contributed by atoms with Gasteiger partial charge in [0.1, 0.15) is 0 Å². The standard InChI is InChI=1S/C22H20ClF3N2O3/c23-18-5-4-13(10-17(18)22(24,25)26)12-28-9-8-21(20(28)30)7-6-15-14(11-21)2-1-3-16(15)19(29)27-31/h1-5,10,31H,6-9,11-12H2,(H,27,29). The normalized spacial score (nSPS) is 20.8. The van der Waals surface area contributed by atoms with Crippen LogP contribution in [0.3, 0.4) is 0 Å². The van der Waals surface area contributed by atoms with Gasteiger partial charge in [-0.25, -0.2) is 5.48 Å². The molecule has 9 heteroatoms. The second-order valence-electron chi connectivity index (χ2n) is 8.13. The molecule has 1 heterocycles. The van der Waals surface area contributed by atoms with Crippen LogP contribution in [0.1, 0.15) is 45.5 Å². The quantitative estimate of drug-likeness (QED) is 0.536. The molecule has 2 aromatic carbocycles. The van der Waals surface area contributed by atoms with Gasteiger partial charge < -0.3 is 4.90 Å². The van der Waals surface area contributed by atoms with E-state index in [1.165, 1.54) is 12.1 Å². The van der Waals surface area contributed by atoms with Crippen LogP contribution < -0.4 is 5.48 Å². The Bertz CT molecular complexity index is 1060. The largest absolute Gasteiger partial charge is 0.417 e. The number of hydrogen-bond donors (Lipinski definition) is 2. The topological polar surface area (TPSA) is 69.6 Å². The van der Waals surface area contributed by atoms with Gasteiger partial charge in [0.2, 0.25) is 5.91 Å². The van der Waals surface area contributed by atoms with Crippen LogP contribution in [0, 0.1) is 5.41 Å². The van der Waals surface area contributed by atoms with Gasteiger partial charge in [-0.05, 0) is 60.6 Å². The van der Waals surface area contributed by atoms with E-state index >= 15 is 0 Å². The van der Waals surface area contributed by atoms with Gasteiger partial charge in [0.05, 0.1) is 16.0 Å². The summed E-state index contributed by atoms with van der Waals surface area (Å²) >= 11 is 5.69. The van der Waals surface area contributed by atoms with Crippen molar-refractivity contribution in [3.63, 3.8) is 0 Å². The monoisotopic (exact) mass is 452 g/mol. The first kappa shape index (κ1) is 21.6. The highest BCUT2D eigenvalue weighted by Gasteiger charge is 2.48. The van der Waals surface area contributed by atoms with Crippen molar-refractivity contribution in [3.05, 3.63) is 69.2 Å². The van der Waals surface area contributed by atoms with Crippen molar-refractivity contribution in [3.8, 4) is 0 Å². The third kappa shape index (κ3) is 3.90. The summed E-state index contributed by atoms with van der Waals surface area (Å²) in [5.41, 5.74) is 2.58. The molecule has 4 rings (SSSR count). The van der Waals surface area contributed by atoms with Crippen molar-refractivity contribution in [2.45, 2.75) is 38.4 Å². The first-order valence-corrected chi connectivity index (χ1v) is 10.2. The maximum Gasteiger partial charge on any atom is 0.417 e. The zero-order chi connectivity index (χ0) is 22.4. The molecule has 2 aromatic rings. The molecule has 1 saturated heterocycles. The van der Waals surface area contributed by atoms with Gasteiger partial charge in [-0.15, -0.1) is 0 Å². The number of fused-ring (bicyclic) bond motifs is 1. The number of nitrogens with zero attached hydrogens (tertiary/aromatic N) is 1. The lowest BCUT2D eigenvalue weighted by molar-refractivity contribution is -0.137. The highest BCUT2D eigenvalue weighted by Crippen LogP contribution is 2.45. The summed E-state index contributed by atoms with van der Waals surface area (Å²) in [5.74, 6) is -0.672. The lowest BCUT2D eigenvalue weighted by Gasteiger charge is -2.34. The summed E-state index contributed by atoms with van der Waals surface area (Å²) < 4.78 is 39.5. The minimum atomic E-state index is -4.56. The molecule has 1 aliphatic carbocycles. The van der Waals surface area contributed by atoms with E-state index in [2.05, 4.69) is 0 Å². The second-order valence-corrected chi connectivity index (χ2v) is 8.54. The molecule has 164 valence electrons. The molecule has 0 bridgehead atoms. The van der Waals surface area contributed by atoms with E-state index in [1.54, 1.807) is 22.5 Å². The molecule has 0 aromatic heterocycles. The summed E-state index contributed by atoms with van der Waals surface area (Å²) in [6, 6.07) is 8.92. The van der Waals surface area contributed by atoms with E-state index in [0.29, 0.717) is 43.4 Å². The molecule has 5 nitrogen and oxygen atoms in total. The Morgan fingerprint density at radius 2 is 2.00 bits per heavy atom. The molecule has 31 heavy (non-hydrogen) atoms. The lowest BCUT2D eigenvalue weighted by Crippen LogP contribution is -2.39. The van der Waals surface area contributed by atoms with E-state index in [0.717, 1.165) is 17.2 Å². The molecule has 1 aliphatic heterocycles. The van der Waals surface area contributed by atoms with Gasteiger partial charge in [0.25, 0.3) is 5.91 Å². The minimum Gasteiger partial charge on any atom is -0.338 e. The van der Waals surface area contributed by atoms with Crippen molar-refractivity contribution in [1.82, 2.24) is 10.4 Å². The molecule has 1 spiro atoms. The summed E-state index contributed by atoms with van der Waals surface area (Å²) in [6.07, 6.45) is -2.45. The molecule has 1 fully saturated rings. The highest BCUT2D eigenvalue weighted by atomic mass is 35.5. The van der Waals surface area contributed by atoms with Crippen molar-refractivity contribution in [1.29, 1.82) is 0 Å². The third-order valence-corrected chi connectivity index (χ3v) is 6.64. The van der Waals surface area contributed by atoms with Crippen LogP contribution >= 0.6 is 11.6 Å². The van der Waals surface area contributed by atoms with Crippen LogP contribution in [-0.4, -0.2) is 28.5 Å². The molecule has 1 atom stereocenters. The smallest absolute Gasteiger partial charge is 0.338 e. The number of carbonyl (C=O) groups is 2. The molecule has 0 saturated carbocycles. The van der Waals surface area contributed by atoms with Gasteiger partial charge >= 0.3 is 6.18 Å². The summed E-state index contributed by atoms with van der Waals surface area (Å²) in [7, 11) is 0. The molecule has 0 radical (unpaired) electrons. The van der Waals surface area contributed by atoms with Crippen LogP contribution in [0.4, 0.5) is 13.2 Å². The predicted molar refractivity (Wildman–Crippen MR) is 107 cm³/mol. The number of rotatable bonds is 3. The maximum atomic E-state index is 13.3. The Morgan fingerprint density at radius 1 is 1.23 bits per heavy atom. The summed E-state index contributed by atoms with van der Waals surface area (Å²) in [5, 5.41) is 8.59. The first-order valence-electron chi connectivity index (χ1n) is 9.85. The van der Waals surface area contributed by atoms with E-state index in [-0.39, 0.29) is 17.5 Å². The highest BCUT2D eigenvalue weighted by molar-refractivity contribution is 6.31. The third-order valence-electron chi connectivity index (χ3n) is 6.31. The fourth-order valence-electron chi connectivity index (χ4n) is 4.73. The number of hydrogen-bond acceptors (Lipinski definition) is 3. The van der Waals surface area contributed by atoms with Gasteiger partial charge in [-0.3, -0.25) is 14.8 Å². The van der Waals surface area contributed by atoms with Gasteiger partial charge in [0, 0.05) is 18.7 Å². The molecule has 2 aliphatic rings. The second kappa shape index (κ2) is 7.84. The van der Waals surface area contributed by atoms with Gasteiger partial charge in [-0.1, -0.05) is 29.8 Å². The Morgan fingerprint density at radius 3 is 2.71 bits per heavy atom. The zero-order valence-electron chi connectivity index (χ0n) is 16.4.